The van der Waals surface area contributed by atoms with E-state index in [0.29, 0.717) is 62.3 Å². The molecule has 212 valence electrons. The SMILES string of the molecule is COc1cc(F)cc(C(=O)Nc2cc(-c3cnc(N4CCOCC4)nc3)c(F)cc2N2C[C@@H](C)N(C)[C@@H](C)C2)c1. The Bertz CT molecular complexity index is 1350. The highest BCUT2D eigenvalue weighted by Crippen LogP contribution is 2.36. The van der Waals surface area contributed by atoms with Crippen LogP contribution in [0.15, 0.2) is 42.7 Å². The number of ether oxygens (including phenoxy) is 2. The maximum Gasteiger partial charge on any atom is 0.255 e. The van der Waals surface area contributed by atoms with Crippen LogP contribution in [-0.2, 0) is 4.74 Å². The average molecular weight is 553 g/mol. The Morgan fingerprint density at radius 1 is 1.00 bits per heavy atom. The van der Waals surface area contributed by atoms with E-state index in [2.05, 4.69) is 46.0 Å². The number of morpholine rings is 1. The predicted octanol–water partition coefficient (Wildman–Crippen LogP) is 4.05. The van der Waals surface area contributed by atoms with Crippen LogP contribution >= 0.6 is 0 Å². The zero-order valence-electron chi connectivity index (χ0n) is 23.2. The number of nitrogens with one attached hydrogen (secondary N) is 1. The molecule has 1 amide bonds. The summed E-state index contributed by atoms with van der Waals surface area (Å²) in [5, 5.41) is 2.90. The van der Waals surface area contributed by atoms with E-state index in [1.165, 1.54) is 25.3 Å². The van der Waals surface area contributed by atoms with Crippen molar-refractivity contribution in [2.45, 2.75) is 25.9 Å². The largest absolute Gasteiger partial charge is 0.497 e. The highest BCUT2D eigenvalue weighted by atomic mass is 19.1. The van der Waals surface area contributed by atoms with Crippen molar-refractivity contribution in [3.05, 3.63) is 59.9 Å². The van der Waals surface area contributed by atoms with E-state index in [4.69, 9.17) is 9.47 Å². The number of anilines is 3. The van der Waals surface area contributed by atoms with Crippen LogP contribution in [0.1, 0.15) is 24.2 Å². The lowest BCUT2D eigenvalue weighted by atomic mass is 10.0. The van der Waals surface area contributed by atoms with Gasteiger partial charge in [0.05, 0.1) is 31.7 Å². The summed E-state index contributed by atoms with van der Waals surface area (Å²) in [7, 11) is 3.47. The number of hydrogen-bond acceptors (Lipinski definition) is 8. The van der Waals surface area contributed by atoms with Crippen LogP contribution in [0.3, 0.4) is 0 Å². The standard InChI is InChI=1S/C29H34F2N6O3/c1-18-16-37(17-19(2)35(18)3)27-13-25(31)24(21-14-32-29(33-15-21)36-5-7-40-8-6-36)12-26(27)34-28(38)20-9-22(30)11-23(10-20)39-4/h9-15,18-19H,5-8,16-17H2,1-4H3,(H,34,38)/t18-,19+. The van der Waals surface area contributed by atoms with Gasteiger partial charge in [-0.3, -0.25) is 9.69 Å². The summed E-state index contributed by atoms with van der Waals surface area (Å²) in [4.78, 5) is 28.6. The Balaban J connectivity index is 1.51. The Labute approximate surface area is 232 Å². The molecule has 9 nitrogen and oxygen atoms in total. The van der Waals surface area contributed by atoms with Gasteiger partial charge in [-0.2, -0.15) is 0 Å². The predicted molar refractivity (Wildman–Crippen MR) is 150 cm³/mol. The number of carbonyl (C=O) groups is 1. The molecule has 0 aliphatic carbocycles. The van der Waals surface area contributed by atoms with Crippen molar-refractivity contribution in [3.8, 4) is 16.9 Å². The zero-order chi connectivity index (χ0) is 28.4. The van der Waals surface area contributed by atoms with E-state index in [-0.39, 0.29) is 29.0 Å². The van der Waals surface area contributed by atoms with E-state index in [9.17, 15) is 9.18 Å². The number of benzene rings is 2. The van der Waals surface area contributed by atoms with Crippen molar-refractivity contribution in [1.29, 1.82) is 0 Å². The van der Waals surface area contributed by atoms with E-state index in [1.807, 2.05) is 4.90 Å². The van der Waals surface area contributed by atoms with Crippen LogP contribution in [0.25, 0.3) is 11.1 Å². The molecule has 2 fully saturated rings. The molecule has 2 atom stereocenters. The highest BCUT2D eigenvalue weighted by Gasteiger charge is 2.29. The maximum absolute atomic E-state index is 15.7. The molecule has 2 aliphatic rings. The molecule has 1 N–H and O–H groups in total. The van der Waals surface area contributed by atoms with Gasteiger partial charge in [0.15, 0.2) is 0 Å². The summed E-state index contributed by atoms with van der Waals surface area (Å²) in [6.45, 7) is 8.09. The third kappa shape index (κ3) is 5.85. The van der Waals surface area contributed by atoms with Crippen LogP contribution in [0.4, 0.5) is 26.1 Å². The van der Waals surface area contributed by atoms with Crippen molar-refractivity contribution in [1.82, 2.24) is 14.9 Å². The normalized spacial score (nSPS) is 19.9. The third-order valence-corrected chi connectivity index (χ3v) is 7.65. The van der Waals surface area contributed by atoms with Gasteiger partial charge in [0.2, 0.25) is 5.95 Å². The van der Waals surface area contributed by atoms with Gasteiger partial charge < -0.3 is 24.6 Å². The number of amides is 1. The summed E-state index contributed by atoms with van der Waals surface area (Å²) < 4.78 is 40.4. The summed E-state index contributed by atoms with van der Waals surface area (Å²) in [6.07, 6.45) is 3.16. The molecule has 3 aromatic rings. The molecule has 11 heteroatoms. The Morgan fingerprint density at radius 2 is 1.68 bits per heavy atom. The third-order valence-electron chi connectivity index (χ3n) is 7.65. The smallest absolute Gasteiger partial charge is 0.255 e. The average Bonchev–Trinajstić information content (AvgIpc) is 2.96. The van der Waals surface area contributed by atoms with Gasteiger partial charge in [0.1, 0.15) is 17.4 Å². The molecule has 0 radical (unpaired) electrons. The van der Waals surface area contributed by atoms with Crippen molar-refractivity contribution in [2.24, 2.45) is 0 Å². The van der Waals surface area contributed by atoms with Gasteiger partial charge in [0, 0.05) is 73.4 Å². The van der Waals surface area contributed by atoms with E-state index < -0.39 is 17.5 Å². The second-order valence-corrected chi connectivity index (χ2v) is 10.3. The van der Waals surface area contributed by atoms with Crippen LogP contribution in [0.5, 0.6) is 5.75 Å². The summed E-state index contributed by atoms with van der Waals surface area (Å²) >= 11 is 0. The van der Waals surface area contributed by atoms with E-state index >= 15 is 4.39 Å². The number of carbonyl (C=O) groups excluding carboxylic acids is 1. The summed E-state index contributed by atoms with van der Waals surface area (Å²) in [5.41, 5.74) is 1.78. The number of aromatic nitrogens is 2. The molecule has 0 spiro atoms. The zero-order valence-corrected chi connectivity index (χ0v) is 23.2. The maximum atomic E-state index is 15.7. The number of hydrogen-bond donors (Lipinski definition) is 1. The fourth-order valence-electron chi connectivity index (χ4n) is 5.14. The Hall–Kier alpha value is -3.83. The fourth-order valence-corrected chi connectivity index (χ4v) is 5.14. The van der Waals surface area contributed by atoms with Crippen LogP contribution < -0.4 is 19.9 Å². The number of halogens is 2. The minimum Gasteiger partial charge on any atom is -0.497 e. The first kappa shape index (κ1) is 27.7. The van der Waals surface area contributed by atoms with Crippen LogP contribution in [0, 0.1) is 11.6 Å². The molecule has 2 saturated heterocycles. The van der Waals surface area contributed by atoms with E-state index in [0.717, 1.165) is 6.07 Å². The molecule has 2 aromatic carbocycles. The molecule has 1 aromatic heterocycles. The second-order valence-electron chi connectivity index (χ2n) is 10.3. The topological polar surface area (TPSA) is 83.1 Å². The molecule has 0 saturated carbocycles. The number of rotatable bonds is 6. The molecule has 5 rings (SSSR count). The number of likely N-dealkylation sites (N-methyl/N-ethyl adjacent to an activating group) is 1. The first-order valence-electron chi connectivity index (χ1n) is 13.3. The molecular weight excluding hydrogens is 518 g/mol. The molecule has 0 bridgehead atoms. The van der Waals surface area contributed by atoms with Crippen LogP contribution in [0.2, 0.25) is 0 Å². The van der Waals surface area contributed by atoms with E-state index in [1.54, 1.807) is 18.5 Å². The lowest BCUT2D eigenvalue weighted by Crippen LogP contribution is -2.55. The van der Waals surface area contributed by atoms with Crippen molar-refractivity contribution in [3.63, 3.8) is 0 Å². The number of piperazine rings is 1. The fraction of sp³-hybridized carbons (Fsp3) is 0.414. The Morgan fingerprint density at radius 3 is 2.33 bits per heavy atom. The van der Waals surface area contributed by atoms with Gasteiger partial charge in [-0.1, -0.05) is 0 Å². The summed E-state index contributed by atoms with van der Waals surface area (Å²) in [6, 6.07) is 7.26. The lowest BCUT2D eigenvalue weighted by Gasteiger charge is -2.44. The first-order chi connectivity index (χ1) is 19.2. The molecule has 3 heterocycles. The molecule has 40 heavy (non-hydrogen) atoms. The first-order valence-corrected chi connectivity index (χ1v) is 13.3. The van der Waals surface area contributed by atoms with Gasteiger partial charge in [-0.25, -0.2) is 18.7 Å². The quantitative estimate of drug-likeness (QED) is 0.491. The lowest BCUT2D eigenvalue weighted by molar-refractivity contribution is 0.102. The number of nitrogens with zero attached hydrogens (tertiary/aromatic N) is 5. The summed E-state index contributed by atoms with van der Waals surface area (Å²) in [5.74, 6) is -0.806. The van der Waals surface area contributed by atoms with Gasteiger partial charge >= 0.3 is 0 Å². The van der Waals surface area contributed by atoms with Gasteiger partial charge in [-0.15, -0.1) is 0 Å². The van der Waals surface area contributed by atoms with Crippen molar-refractivity contribution in [2.75, 3.05) is 68.7 Å². The van der Waals surface area contributed by atoms with Gasteiger partial charge in [0.25, 0.3) is 5.91 Å². The molecule has 2 aliphatic heterocycles. The minimum atomic E-state index is -0.594. The number of methoxy groups -OCH3 is 1. The highest BCUT2D eigenvalue weighted by molar-refractivity contribution is 6.06. The van der Waals surface area contributed by atoms with Crippen molar-refractivity contribution >= 4 is 23.2 Å². The minimum absolute atomic E-state index is 0.0898. The second kappa shape index (κ2) is 11.7. The monoisotopic (exact) mass is 552 g/mol. The van der Waals surface area contributed by atoms with Gasteiger partial charge in [-0.05, 0) is 45.2 Å². The van der Waals surface area contributed by atoms with Crippen LogP contribution in [-0.4, -0.2) is 86.4 Å². The molecular formula is C29H34F2N6O3. The Kier molecular flexibility index (Phi) is 8.13. The van der Waals surface area contributed by atoms with Crippen molar-refractivity contribution < 1.29 is 23.0 Å². The molecule has 0 unspecified atom stereocenters.